The number of thiol groups is 1. The molecule has 1 aromatic carbocycles. The van der Waals surface area contributed by atoms with Gasteiger partial charge in [0.1, 0.15) is 0 Å². The van der Waals surface area contributed by atoms with Crippen molar-refractivity contribution in [2.75, 3.05) is 0 Å². The molecule has 68 valence electrons. The van der Waals surface area contributed by atoms with E-state index in [1.807, 2.05) is 11.4 Å². The Bertz CT molecular complexity index is 450. The van der Waals surface area contributed by atoms with Gasteiger partial charge in [0.15, 0.2) is 5.82 Å². The van der Waals surface area contributed by atoms with E-state index in [4.69, 9.17) is 0 Å². The highest BCUT2D eigenvalue weighted by molar-refractivity contribution is 9.08. The molecule has 0 N–H and O–H groups in total. The Kier molecular flexibility index (Phi) is 2.62. The maximum Gasteiger partial charge on any atom is 0.154 e. The van der Waals surface area contributed by atoms with Crippen LogP contribution >= 0.6 is 39.9 Å². The molecular formula is C9H6BrFS2. The smallest absolute Gasteiger partial charge is 0.154 e. The van der Waals surface area contributed by atoms with Crippen molar-refractivity contribution in [2.45, 2.75) is 10.2 Å². The van der Waals surface area contributed by atoms with Crippen LogP contribution in [0.5, 0.6) is 0 Å². The molecule has 0 unspecified atom stereocenters. The first-order valence-corrected chi connectivity index (χ1v) is 6.12. The zero-order valence-electron chi connectivity index (χ0n) is 6.55. The van der Waals surface area contributed by atoms with Crippen molar-refractivity contribution in [3.8, 4) is 0 Å². The van der Waals surface area contributed by atoms with Gasteiger partial charge in [-0.25, -0.2) is 4.39 Å². The summed E-state index contributed by atoms with van der Waals surface area (Å²) in [4.78, 5) is 0.421. The fourth-order valence-corrected chi connectivity index (χ4v) is 2.95. The summed E-state index contributed by atoms with van der Waals surface area (Å²) in [6, 6.07) is 3.70. The van der Waals surface area contributed by atoms with Crippen LogP contribution in [0, 0.1) is 5.82 Å². The number of fused-ring (bicyclic) bond motifs is 1. The molecule has 2 aromatic rings. The van der Waals surface area contributed by atoms with E-state index in [1.165, 1.54) is 11.3 Å². The minimum atomic E-state index is -0.210. The Hall–Kier alpha value is -0.0600. The molecule has 0 saturated carbocycles. The number of benzene rings is 1. The zero-order valence-corrected chi connectivity index (χ0v) is 9.85. The molecule has 0 bridgehead atoms. The standard InChI is InChI=1S/C9H6BrFS2/c10-4-5-3-7(12)8(11)9-6(5)1-2-13-9/h1-3,12H,4H2. The van der Waals surface area contributed by atoms with Crippen LogP contribution in [0.1, 0.15) is 5.56 Å². The molecule has 2 rings (SSSR count). The lowest BCUT2D eigenvalue weighted by Crippen LogP contribution is -1.84. The van der Waals surface area contributed by atoms with Crippen molar-refractivity contribution < 1.29 is 4.39 Å². The summed E-state index contributed by atoms with van der Waals surface area (Å²) in [6.07, 6.45) is 0. The summed E-state index contributed by atoms with van der Waals surface area (Å²) in [6.45, 7) is 0. The molecule has 0 spiro atoms. The van der Waals surface area contributed by atoms with Gasteiger partial charge in [0.05, 0.1) is 4.70 Å². The van der Waals surface area contributed by atoms with E-state index in [0.29, 0.717) is 9.60 Å². The maximum atomic E-state index is 13.5. The van der Waals surface area contributed by atoms with Crippen molar-refractivity contribution in [3.63, 3.8) is 0 Å². The van der Waals surface area contributed by atoms with E-state index in [1.54, 1.807) is 6.07 Å². The van der Waals surface area contributed by atoms with E-state index in [-0.39, 0.29) is 5.82 Å². The highest BCUT2D eigenvalue weighted by Gasteiger charge is 2.09. The minimum absolute atomic E-state index is 0.210. The molecule has 0 fully saturated rings. The van der Waals surface area contributed by atoms with Gasteiger partial charge >= 0.3 is 0 Å². The van der Waals surface area contributed by atoms with Crippen molar-refractivity contribution in [1.29, 1.82) is 0 Å². The molecule has 4 heteroatoms. The lowest BCUT2D eigenvalue weighted by Gasteiger charge is -2.02. The number of hydrogen-bond donors (Lipinski definition) is 1. The molecule has 0 aliphatic carbocycles. The topological polar surface area (TPSA) is 0 Å². The first-order valence-electron chi connectivity index (χ1n) is 3.67. The zero-order chi connectivity index (χ0) is 9.42. The summed E-state index contributed by atoms with van der Waals surface area (Å²) in [7, 11) is 0. The Morgan fingerprint density at radius 3 is 3.00 bits per heavy atom. The Balaban J connectivity index is 2.87. The molecule has 0 radical (unpaired) electrons. The quantitative estimate of drug-likeness (QED) is 0.585. The van der Waals surface area contributed by atoms with E-state index >= 15 is 0 Å². The fourth-order valence-electron chi connectivity index (χ4n) is 1.27. The van der Waals surface area contributed by atoms with Crippen LogP contribution in [0.3, 0.4) is 0 Å². The third-order valence-electron chi connectivity index (χ3n) is 1.89. The lowest BCUT2D eigenvalue weighted by atomic mass is 10.1. The largest absolute Gasteiger partial charge is 0.204 e. The summed E-state index contributed by atoms with van der Waals surface area (Å²) < 4.78 is 14.2. The average Bonchev–Trinajstić information content (AvgIpc) is 2.60. The predicted molar refractivity (Wildman–Crippen MR) is 61.7 cm³/mol. The SMILES string of the molecule is Fc1c(S)cc(CBr)c2ccsc12. The van der Waals surface area contributed by atoms with Gasteiger partial charge in [0.25, 0.3) is 0 Å². The predicted octanol–water partition coefficient (Wildman–Crippen LogP) is 4.22. The minimum Gasteiger partial charge on any atom is -0.204 e. The van der Waals surface area contributed by atoms with Crippen LogP contribution in [-0.2, 0) is 5.33 Å². The molecule has 0 nitrogen and oxygen atoms in total. The van der Waals surface area contributed by atoms with Gasteiger partial charge in [-0.05, 0) is 28.5 Å². The molecule has 0 aliphatic rings. The second-order valence-electron chi connectivity index (χ2n) is 2.67. The van der Waals surface area contributed by atoms with Gasteiger partial charge in [-0.1, -0.05) is 15.9 Å². The van der Waals surface area contributed by atoms with Gasteiger partial charge < -0.3 is 0 Å². The van der Waals surface area contributed by atoms with Gasteiger partial charge in [-0.2, -0.15) is 0 Å². The van der Waals surface area contributed by atoms with E-state index in [2.05, 4.69) is 28.6 Å². The molecule has 1 aromatic heterocycles. The van der Waals surface area contributed by atoms with E-state index in [0.717, 1.165) is 16.3 Å². The molecule has 0 saturated heterocycles. The molecule has 0 atom stereocenters. The van der Waals surface area contributed by atoms with Crippen LogP contribution in [0.15, 0.2) is 22.4 Å². The van der Waals surface area contributed by atoms with E-state index in [9.17, 15) is 4.39 Å². The van der Waals surface area contributed by atoms with Crippen LogP contribution in [0.2, 0.25) is 0 Å². The third-order valence-corrected chi connectivity index (χ3v) is 3.73. The van der Waals surface area contributed by atoms with Crippen LogP contribution in [0.4, 0.5) is 4.39 Å². The first kappa shape index (κ1) is 9.49. The molecule has 1 heterocycles. The van der Waals surface area contributed by atoms with Gasteiger partial charge in [0, 0.05) is 10.2 Å². The summed E-state index contributed by atoms with van der Waals surface area (Å²) in [5, 5.41) is 3.61. The lowest BCUT2D eigenvalue weighted by molar-refractivity contribution is 0.616. The highest BCUT2D eigenvalue weighted by atomic mass is 79.9. The van der Waals surface area contributed by atoms with Crippen molar-refractivity contribution in [2.24, 2.45) is 0 Å². The Morgan fingerprint density at radius 1 is 1.54 bits per heavy atom. The van der Waals surface area contributed by atoms with Gasteiger partial charge in [-0.15, -0.1) is 24.0 Å². The molecular weight excluding hydrogens is 271 g/mol. The monoisotopic (exact) mass is 276 g/mol. The summed E-state index contributed by atoms with van der Waals surface area (Å²) >= 11 is 8.87. The maximum absolute atomic E-state index is 13.5. The number of halogens is 2. The Morgan fingerprint density at radius 2 is 2.31 bits per heavy atom. The number of rotatable bonds is 1. The van der Waals surface area contributed by atoms with E-state index < -0.39 is 0 Å². The summed E-state index contributed by atoms with van der Waals surface area (Å²) in [5.41, 5.74) is 1.09. The molecule has 0 aliphatic heterocycles. The number of alkyl halides is 1. The second-order valence-corrected chi connectivity index (χ2v) is 4.62. The van der Waals surface area contributed by atoms with Crippen LogP contribution < -0.4 is 0 Å². The van der Waals surface area contributed by atoms with Gasteiger partial charge in [0.2, 0.25) is 0 Å². The normalized spacial score (nSPS) is 11.0. The fraction of sp³-hybridized carbons (Fsp3) is 0.111. The summed E-state index contributed by atoms with van der Waals surface area (Å²) in [5.74, 6) is -0.210. The van der Waals surface area contributed by atoms with Gasteiger partial charge in [-0.3, -0.25) is 0 Å². The average molecular weight is 277 g/mol. The number of thiophene rings is 1. The highest BCUT2D eigenvalue weighted by Crippen LogP contribution is 2.32. The van der Waals surface area contributed by atoms with Crippen LogP contribution in [0.25, 0.3) is 10.1 Å². The van der Waals surface area contributed by atoms with Crippen molar-refractivity contribution in [3.05, 3.63) is 28.9 Å². The van der Waals surface area contributed by atoms with Crippen molar-refractivity contribution in [1.82, 2.24) is 0 Å². The first-order chi connectivity index (χ1) is 6.24. The van der Waals surface area contributed by atoms with Crippen molar-refractivity contribution >= 4 is 50.0 Å². The molecule has 13 heavy (non-hydrogen) atoms. The third kappa shape index (κ3) is 1.51. The Labute approximate surface area is 93.3 Å². The second kappa shape index (κ2) is 3.59. The number of hydrogen-bond acceptors (Lipinski definition) is 2. The van der Waals surface area contributed by atoms with Crippen LogP contribution in [-0.4, -0.2) is 0 Å². The molecule has 0 amide bonds.